The Bertz CT molecular complexity index is 174. The monoisotopic (exact) mass is 166 g/mol. The van der Waals surface area contributed by atoms with Crippen LogP contribution in [0.15, 0.2) is 0 Å². The number of rotatable bonds is 1. The molecule has 3 aliphatic rings. The predicted molar refractivity (Wildman–Crippen MR) is 52.9 cm³/mol. The Morgan fingerprint density at radius 3 is 2.17 bits per heavy atom. The Labute approximate surface area is 76.7 Å². The Morgan fingerprint density at radius 1 is 1.17 bits per heavy atom. The van der Waals surface area contributed by atoms with Crippen molar-refractivity contribution in [3.05, 3.63) is 0 Å². The van der Waals surface area contributed by atoms with E-state index in [-0.39, 0.29) is 0 Å². The summed E-state index contributed by atoms with van der Waals surface area (Å²) in [6, 6.07) is 0. The van der Waals surface area contributed by atoms with Gasteiger partial charge in [0.25, 0.3) is 0 Å². The van der Waals surface area contributed by atoms with Gasteiger partial charge in [-0.1, -0.05) is 27.7 Å². The lowest BCUT2D eigenvalue weighted by molar-refractivity contribution is -0.117. The zero-order chi connectivity index (χ0) is 8.93. The molecule has 0 aromatic carbocycles. The van der Waals surface area contributed by atoms with E-state index in [1.807, 2.05) is 0 Å². The fourth-order valence-electron chi connectivity index (χ4n) is 3.67. The van der Waals surface area contributed by atoms with Crippen LogP contribution >= 0.6 is 0 Å². The van der Waals surface area contributed by atoms with Gasteiger partial charge in [0.05, 0.1) is 0 Å². The van der Waals surface area contributed by atoms with Gasteiger partial charge in [-0.15, -0.1) is 0 Å². The third-order valence-electron chi connectivity index (χ3n) is 4.77. The summed E-state index contributed by atoms with van der Waals surface area (Å²) >= 11 is 0. The van der Waals surface area contributed by atoms with Crippen molar-refractivity contribution < 1.29 is 0 Å². The molecule has 0 nitrogen and oxygen atoms in total. The van der Waals surface area contributed by atoms with Crippen LogP contribution in [0.3, 0.4) is 0 Å². The van der Waals surface area contributed by atoms with Crippen molar-refractivity contribution in [2.75, 3.05) is 0 Å². The van der Waals surface area contributed by atoms with Crippen LogP contribution in [0.25, 0.3) is 0 Å². The molecular formula is C12H22. The standard InChI is InChI=1S/C12H22/c1-8(2)10-6-5-9-7-11(10)12(9,3)4/h8-11H,5-7H2,1-4H3/t9?,10-,11-/m0/s1. The van der Waals surface area contributed by atoms with E-state index in [4.69, 9.17) is 0 Å². The molecule has 0 aliphatic heterocycles. The molecule has 2 bridgehead atoms. The second-order valence-corrected chi connectivity index (χ2v) is 5.85. The molecular weight excluding hydrogens is 144 g/mol. The van der Waals surface area contributed by atoms with Gasteiger partial charge in [0.15, 0.2) is 0 Å². The van der Waals surface area contributed by atoms with Gasteiger partial charge in [-0.3, -0.25) is 0 Å². The number of hydrogen-bond donors (Lipinski definition) is 0. The maximum absolute atomic E-state index is 2.49. The Morgan fingerprint density at radius 2 is 1.83 bits per heavy atom. The highest BCUT2D eigenvalue weighted by Gasteiger charge is 2.54. The Kier molecular flexibility index (Phi) is 1.79. The summed E-state index contributed by atoms with van der Waals surface area (Å²) in [5, 5.41) is 0. The molecule has 3 rings (SSSR count). The van der Waals surface area contributed by atoms with E-state index in [0.29, 0.717) is 5.41 Å². The molecule has 0 heterocycles. The van der Waals surface area contributed by atoms with Gasteiger partial charge in [0, 0.05) is 0 Å². The van der Waals surface area contributed by atoms with Gasteiger partial charge >= 0.3 is 0 Å². The fourth-order valence-corrected chi connectivity index (χ4v) is 3.67. The second kappa shape index (κ2) is 2.49. The van der Waals surface area contributed by atoms with E-state index in [9.17, 15) is 0 Å². The zero-order valence-electron chi connectivity index (χ0n) is 8.93. The molecule has 0 saturated heterocycles. The van der Waals surface area contributed by atoms with Gasteiger partial charge < -0.3 is 0 Å². The van der Waals surface area contributed by atoms with Gasteiger partial charge in [-0.05, 0) is 48.3 Å². The molecule has 0 aromatic rings. The molecule has 0 spiro atoms. The van der Waals surface area contributed by atoms with Crippen molar-refractivity contribution in [1.82, 2.24) is 0 Å². The fraction of sp³-hybridized carbons (Fsp3) is 1.00. The molecule has 0 heteroatoms. The number of fused-ring (bicyclic) bond motifs is 2. The minimum atomic E-state index is 0.688. The first-order valence-corrected chi connectivity index (χ1v) is 5.53. The lowest BCUT2D eigenvalue weighted by Gasteiger charge is -2.61. The van der Waals surface area contributed by atoms with Crippen LogP contribution in [0.5, 0.6) is 0 Å². The van der Waals surface area contributed by atoms with Crippen molar-refractivity contribution in [1.29, 1.82) is 0 Å². The maximum atomic E-state index is 2.49. The molecule has 3 saturated carbocycles. The van der Waals surface area contributed by atoms with Gasteiger partial charge in [0.2, 0.25) is 0 Å². The average molecular weight is 166 g/mol. The van der Waals surface area contributed by atoms with E-state index in [1.165, 1.54) is 19.3 Å². The number of hydrogen-bond acceptors (Lipinski definition) is 0. The highest BCUT2D eigenvalue weighted by molar-refractivity contribution is 5.03. The van der Waals surface area contributed by atoms with Gasteiger partial charge in [-0.2, -0.15) is 0 Å². The van der Waals surface area contributed by atoms with Crippen molar-refractivity contribution in [2.24, 2.45) is 29.1 Å². The van der Waals surface area contributed by atoms with Gasteiger partial charge in [0.1, 0.15) is 0 Å². The minimum absolute atomic E-state index is 0.688. The summed E-state index contributed by atoms with van der Waals surface area (Å²) in [7, 11) is 0. The molecule has 70 valence electrons. The largest absolute Gasteiger partial charge is 0.0625 e. The van der Waals surface area contributed by atoms with Crippen molar-refractivity contribution in [3.63, 3.8) is 0 Å². The summed E-state index contributed by atoms with van der Waals surface area (Å²) in [5.41, 5.74) is 0.688. The molecule has 0 radical (unpaired) electrons. The SMILES string of the molecule is CC(C)[C@@H]1CCC2C[C@@H]1C2(C)C. The second-order valence-electron chi connectivity index (χ2n) is 5.85. The predicted octanol–water partition coefficient (Wildman–Crippen LogP) is 3.71. The summed E-state index contributed by atoms with van der Waals surface area (Å²) in [6.07, 6.45) is 4.55. The van der Waals surface area contributed by atoms with E-state index >= 15 is 0 Å². The highest BCUT2D eigenvalue weighted by Crippen LogP contribution is 2.62. The summed E-state index contributed by atoms with van der Waals surface area (Å²) in [6.45, 7) is 9.78. The van der Waals surface area contributed by atoms with Crippen molar-refractivity contribution in [2.45, 2.75) is 47.0 Å². The molecule has 0 amide bonds. The lowest BCUT2D eigenvalue weighted by atomic mass is 9.44. The quantitative estimate of drug-likeness (QED) is 0.557. The molecule has 12 heavy (non-hydrogen) atoms. The molecule has 3 fully saturated rings. The van der Waals surface area contributed by atoms with Crippen LogP contribution in [0.1, 0.15) is 47.0 Å². The van der Waals surface area contributed by atoms with Crippen molar-refractivity contribution in [3.8, 4) is 0 Å². The van der Waals surface area contributed by atoms with E-state index < -0.39 is 0 Å². The first-order valence-electron chi connectivity index (χ1n) is 5.53. The molecule has 3 atom stereocenters. The lowest BCUT2D eigenvalue weighted by Crippen LogP contribution is -2.53. The third kappa shape index (κ3) is 0.963. The summed E-state index contributed by atoms with van der Waals surface area (Å²) < 4.78 is 0. The topological polar surface area (TPSA) is 0 Å². The first-order chi connectivity index (χ1) is 5.53. The van der Waals surface area contributed by atoms with E-state index in [1.54, 1.807) is 0 Å². The third-order valence-corrected chi connectivity index (χ3v) is 4.77. The molecule has 1 unspecified atom stereocenters. The van der Waals surface area contributed by atoms with E-state index in [0.717, 1.165) is 23.7 Å². The average Bonchev–Trinajstić information content (AvgIpc) is 2.04. The Hall–Kier alpha value is 0. The summed E-state index contributed by atoms with van der Waals surface area (Å²) in [5.74, 6) is 4.06. The van der Waals surface area contributed by atoms with Crippen LogP contribution in [0, 0.1) is 29.1 Å². The highest BCUT2D eigenvalue weighted by atomic mass is 14.6. The first kappa shape index (κ1) is 8.59. The van der Waals surface area contributed by atoms with Crippen LogP contribution in [0.2, 0.25) is 0 Å². The normalized spacial score (nSPS) is 44.2. The minimum Gasteiger partial charge on any atom is -0.0625 e. The van der Waals surface area contributed by atoms with Crippen molar-refractivity contribution >= 4 is 0 Å². The van der Waals surface area contributed by atoms with Crippen LogP contribution in [0.4, 0.5) is 0 Å². The smallest absolute Gasteiger partial charge is 0.0295 e. The van der Waals surface area contributed by atoms with Gasteiger partial charge in [-0.25, -0.2) is 0 Å². The van der Waals surface area contributed by atoms with Crippen LogP contribution < -0.4 is 0 Å². The Balaban J connectivity index is 2.11. The maximum Gasteiger partial charge on any atom is -0.0295 e. The summed E-state index contributed by atoms with van der Waals surface area (Å²) in [4.78, 5) is 0. The van der Waals surface area contributed by atoms with Crippen LogP contribution in [-0.4, -0.2) is 0 Å². The van der Waals surface area contributed by atoms with E-state index in [2.05, 4.69) is 27.7 Å². The zero-order valence-corrected chi connectivity index (χ0v) is 8.93. The molecule has 0 aromatic heterocycles. The van der Waals surface area contributed by atoms with Crippen LogP contribution in [-0.2, 0) is 0 Å². The molecule has 3 aliphatic carbocycles. The molecule has 0 N–H and O–H groups in total.